The molecular formula is C51H31N5S. The Morgan fingerprint density at radius 3 is 1.42 bits per heavy atom. The summed E-state index contributed by atoms with van der Waals surface area (Å²) in [6, 6.07) is 66.6. The van der Waals surface area contributed by atoms with Crippen LogP contribution < -0.4 is 0 Å². The Morgan fingerprint density at radius 2 is 0.807 bits per heavy atom. The van der Waals surface area contributed by atoms with Crippen LogP contribution in [-0.2, 0) is 0 Å². The largest absolute Gasteiger partial charge is 0.307 e. The van der Waals surface area contributed by atoms with Crippen molar-refractivity contribution in [2.24, 2.45) is 0 Å². The number of aromatic nitrogens is 5. The van der Waals surface area contributed by atoms with Gasteiger partial charge < -0.3 is 9.13 Å². The van der Waals surface area contributed by atoms with Gasteiger partial charge in [-0.15, -0.1) is 11.3 Å². The van der Waals surface area contributed by atoms with Gasteiger partial charge in [0.15, 0.2) is 17.5 Å². The summed E-state index contributed by atoms with van der Waals surface area (Å²) >= 11 is 1.87. The fraction of sp³-hybridized carbons (Fsp3) is 0. The molecule has 8 aromatic carbocycles. The SMILES string of the molecule is c1ccc(-c2nc(-c3ccccc3)nc(-c3ccc(-n4c5ccccc5c5ccc6c7ccccc7n(-c7cccc8c7sc7ccccc78)c6c54)cc3)n2)cc1. The minimum Gasteiger partial charge on any atom is -0.307 e. The maximum Gasteiger partial charge on any atom is 0.164 e. The zero-order chi connectivity index (χ0) is 37.5. The van der Waals surface area contributed by atoms with Crippen LogP contribution in [0.2, 0.25) is 0 Å². The first-order chi connectivity index (χ1) is 28.3. The summed E-state index contributed by atoms with van der Waals surface area (Å²) in [5, 5.41) is 7.47. The summed E-state index contributed by atoms with van der Waals surface area (Å²) < 4.78 is 7.53. The van der Waals surface area contributed by atoms with Crippen LogP contribution in [0.4, 0.5) is 0 Å². The molecule has 0 bridgehead atoms. The first-order valence-electron chi connectivity index (χ1n) is 19.1. The maximum absolute atomic E-state index is 5.01. The number of hydrogen-bond donors (Lipinski definition) is 0. The van der Waals surface area contributed by atoms with Crippen molar-refractivity contribution in [3.63, 3.8) is 0 Å². The van der Waals surface area contributed by atoms with Crippen LogP contribution in [0.1, 0.15) is 0 Å². The first kappa shape index (κ1) is 31.9. The molecule has 0 N–H and O–H groups in total. The van der Waals surface area contributed by atoms with E-state index in [2.05, 4.69) is 137 Å². The number of hydrogen-bond acceptors (Lipinski definition) is 4. The van der Waals surface area contributed by atoms with E-state index in [9.17, 15) is 0 Å². The van der Waals surface area contributed by atoms with Gasteiger partial charge in [0, 0.05) is 59.4 Å². The topological polar surface area (TPSA) is 48.5 Å². The molecule has 0 aliphatic heterocycles. The first-order valence-corrected chi connectivity index (χ1v) is 19.9. The van der Waals surface area contributed by atoms with E-state index in [1.807, 2.05) is 72.0 Å². The van der Waals surface area contributed by atoms with E-state index in [-0.39, 0.29) is 0 Å². The number of benzene rings is 8. The van der Waals surface area contributed by atoms with Crippen LogP contribution in [-0.4, -0.2) is 24.1 Å². The molecule has 0 saturated carbocycles. The second-order valence-electron chi connectivity index (χ2n) is 14.4. The third kappa shape index (κ3) is 4.91. The number of rotatable bonds is 5. The molecule has 6 heteroatoms. The zero-order valence-electron chi connectivity index (χ0n) is 30.5. The summed E-state index contributed by atoms with van der Waals surface area (Å²) in [6.07, 6.45) is 0. The van der Waals surface area contributed by atoms with Crippen LogP contribution in [0.25, 0.3) is 109 Å². The lowest BCUT2D eigenvalue weighted by Gasteiger charge is -2.14. The van der Waals surface area contributed by atoms with Crippen LogP contribution in [0, 0.1) is 0 Å². The molecule has 4 heterocycles. The molecule has 266 valence electrons. The molecule has 12 rings (SSSR count). The molecular weight excluding hydrogens is 715 g/mol. The van der Waals surface area contributed by atoms with Gasteiger partial charge in [-0.1, -0.05) is 140 Å². The second kappa shape index (κ2) is 12.6. The summed E-state index contributed by atoms with van der Waals surface area (Å²) in [5.41, 5.74) is 9.79. The maximum atomic E-state index is 5.01. The van der Waals surface area contributed by atoms with Gasteiger partial charge in [-0.2, -0.15) is 0 Å². The molecule has 0 aliphatic carbocycles. The third-order valence-electron chi connectivity index (χ3n) is 11.2. The van der Waals surface area contributed by atoms with Gasteiger partial charge >= 0.3 is 0 Å². The van der Waals surface area contributed by atoms with Gasteiger partial charge in [0.25, 0.3) is 0 Å². The predicted octanol–water partition coefficient (Wildman–Crippen LogP) is 13.4. The Hall–Kier alpha value is -7.41. The molecule has 0 aliphatic rings. The lowest BCUT2D eigenvalue weighted by molar-refractivity contribution is 1.07. The molecule has 0 spiro atoms. The molecule has 4 aromatic heterocycles. The minimum atomic E-state index is 0.635. The molecule has 0 amide bonds. The second-order valence-corrected chi connectivity index (χ2v) is 15.5. The lowest BCUT2D eigenvalue weighted by Crippen LogP contribution is -2.01. The highest BCUT2D eigenvalue weighted by atomic mass is 32.1. The van der Waals surface area contributed by atoms with Crippen molar-refractivity contribution in [3.05, 3.63) is 188 Å². The highest BCUT2D eigenvalue weighted by molar-refractivity contribution is 7.26. The van der Waals surface area contributed by atoms with E-state index < -0.39 is 0 Å². The van der Waals surface area contributed by atoms with Crippen LogP contribution in [0.3, 0.4) is 0 Å². The lowest BCUT2D eigenvalue weighted by atomic mass is 10.1. The van der Waals surface area contributed by atoms with Crippen molar-refractivity contribution in [2.45, 2.75) is 0 Å². The van der Waals surface area contributed by atoms with Crippen molar-refractivity contribution in [3.8, 4) is 45.5 Å². The van der Waals surface area contributed by atoms with Gasteiger partial charge in [0.05, 0.1) is 32.5 Å². The molecule has 5 nitrogen and oxygen atoms in total. The summed E-state index contributed by atoms with van der Waals surface area (Å²) in [7, 11) is 0. The van der Waals surface area contributed by atoms with E-state index in [0.717, 1.165) is 27.9 Å². The van der Waals surface area contributed by atoms with Crippen molar-refractivity contribution < 1.29 is 0 Å². The average molecular weight is 746 g/mol. The molecule has 0 atom stereocenters. The van der Waals surface area contributed by atoms with E-state index in [1.165, 1.54) is 64.0 Å². The zero-order valence-corrected chi connectivity index (χ0v) is 31.4. The van der Waals surface area contributed by atoms with E-state index in [4.69, 9.17) is 15.0 Å². The van der Waals surface area contributed by atoms with Gasteiger partial charge in [0.1, 0.15) is 0 Å². The van der Waals surface area contributed by atoms with Crippen LogP contribution >= 0.6 is 11.3 Å². The number of para-hydroxylation sites is 2. The standard InChI is InChI=1S/C51H31N5S/c1-3-14-32(15-4-1)49-52-50(33-16-5-2-6-17-33)54-51(53-49)34-26-28-35(29-27-34)55-42-22-10-7-18-36(42)39-30-31-40-37-19-8-11-23-43(37)56(47(40)46(39)55)44-24-13-21-41-38-20-9-12-25-45(38)57-48(41)44/h1-31H. The predicted molar refractivity (Wildman–Crippen MR) is 238 cm³/mol. The van der Waals surface area contributed by atoms with Crippen LogP contribution in [0.5, 0.6) is 0 Å². The Kier molecular flexibility index (Phi) is 7.03. The Bertz CT molecular complexity index is 3450. The Balaban J connectivity index is 1.11. The summed E-state index contributed by atoms with van der Waals surface area (Å²) in [5.74, 6) is 1.93. The molecule has 12 aromatic rings. The number of fused-ring (bicyclic) bond motifs is 10. The Labute approximate surface area is 331 Å². The van der Waals surface area contributed by atoms with Gasteiger partial charge in [-0.05, 0) is 48.5 Å². The number of thiophene rings is 1. The molecule has 0 unspecified atom stereocenters. The fourth-order valence-electron chi connectivity index (χ4n) is 8.62. The van der Waals surface area contributed by atoms with E-state index in [1.54, 1.807) is 0 Å². The molecule has 0 fully saturated rings. The summed E-state index contributed by atoms with van der Waals surface area (Å²) in [6.45, 7) is 0. The minimum absolute atomic E-state index is 0.635. The average Bonchev–Trinajstić information content (AvgIpc) is 3.95. The monoisotopic (exact) mass is 745 g/mol. The molecule has 0 saturated heterocycles. The van der Waals surface area contributed by atoms with E-state index in [0.29, 0.717) is 17.5 Å². The summed E-state index contributed by atoms with van der Waals surface area (Å²) in [4.78, 5) is 14.9. The van der Waals surface area contributed by atoms with Crippen LogP contribution in [0.15, 0.2) is 188 Å². The van der Waals surface area contributed by atoms with Crippen molar-refractivity contribution in [2.75, 3.05) is 0 Å². The highest BCUT2D eigenvalue weighted by Crippen LogP contribution is 2.45. The van der Waals surface area contributed by atoms with E-state index >= 15 is 0 Å². The normalized spacial score (nSPS) is 11.9. The highest BCUT2D eigenvalue weighted by Gasteiger charge is 2.23. The van der Waals surface area contributed by atoms with Crippen molar-refractivity contribution in [1.82, 2.24) is 24.1 Å². The van der Waals surface area contributed by atoms with Gasteiger partial charge in [-0.25, -0.2) is 15.0 Å². The van der Waals surface area contributed by atoms with Gasteiger partial charge in [-0.3, -0.25) is 0 Å². The third-order valence-corrected chi connectivity index (χ3v) is 12.4. The quantitative estimate of drug-likeness (QED) is 0.176. The fourth-order valence-corrected chi connectivity index (χ4v) is 9.83. The Morgan fingerprint density at radius 1 is 0.333 bits per heavy atom. The number of nitrogens with zero attached hydrogens (tertiary/aromatic N) is 5. The van der Waals surface area contributed by atoms with Gasteiger partial charge in [0.2, 0.25) is 0 Å². The smallest absolute Gasteiger partial charge is 0.164 e. The molecule has 0 radical (unpaired) electrons. The molecule has 57 heavy (non-hydrogen) atoms. The van der Waals surface area contributed by atoms with Crippen molar-refractivity contribution in [1.29, 1.82) is 0 Å². The van der Waals surface area contributed by atoms with Crippen molar-refractivity contribution >= 4 is 75.1 Å².